The summed E-state index contributed by atoms with van der Waals surface area (Å²) in [7, 11) is -3.45. The summed E-state index contributed by atoms with van der Waals surface area (Å²) in [5, 5.41) is 10.0. The zero-order valence-corrected chi connectivity index (χ0v) is 20.7. The molecule has 1 N–H and O–H groups in total. The fourth-order valence-corrected chi connectivity index (χ4v) is 5.86. The first kappa shape index (κ1) is 24.2. The van der Waals surface area contributed by atoms with E-state index in [0.29, 0.717) is 55.0 Å². The smallest absolute Gasteiger partial charge is 0.254 e. The van der Waals surface area contributed by atoms with Crippen LogP contribution < -0.4 is 0 Å². The van der Waals surface area contributed by atoms with Crippen molar-refractivity contribution in [3.63, 3.8) is 0 Å². The van der Waals surface area contributed by atoms with Crippen LogP contribution in [0.4, 0.5) is 0 Å². The Hall–Kier alpha value is -3.49. The van der Waals surface area contributed by atoms with Gasteiger partial charge in [0.1, 0.15) is 5.60 Å². The third-order valence-corrected chi connectivity index (χ3v) is 8.53. The van der Waals surface area contributed by atoms with E-state index < -0.39 is 15.4 Å². The number of hydrogen-bond donors (Lipinski definition) is 1. The second-order valence-corrected chi connectivity index (χ2v) is 11.5. The zero-order chi connectivity index (χ0) is 25.3. The van der Waals surface area contributed by atoms with Crippen LogP contribution in [0, 0.1) is 0 Å². The first-order valence-corrected chi connectivity index (χ1v) is 13.7. The van der Waals surface area contributed by atoms with Crippen LogP contribution in [-0.2, 0) is 20.4 Å². The van der Waals surface area contributed by atoms with Gasteiger partial charge in [0.05, 0.1) is 10.6 Å². The van der Waals surface area contributed by atoms with E-state index in [1.54, 1.807) is 58.3 Å². The van der Waals surface area contributed by atoms with Crippen molar-refractivity contribution in [2.45, 2.75) is 29.1 Å². The van der Waals surface area contributed by atoms with Crippen LogP contribution in [-0.4, -0.2) is 66.9 Å². The molecule has 3 aromatic carbocycles. The Bertz CT molecular complexity index is 1370. The molecule has 186 valence electrons. The molecule has 7 nitrogen and oxygen atoms in total. The Balaban J connectivity index is 1.24. The van der Waals surface area contributed by atoms with Gasteiger partial charge in [-0.05, 0) is 53.8 Å². The van der Waals surface area contributed by atoms with E-state index in [1.807, 2.05) is 30.3 Å². The van der Waals surface area contributed by atoms with E-state index in [-0.39, 0.29) is 17.6 Å². The largest absolute Gasteiger partial charge is 0.380 e. The summed E-state index contributed by atoms with van der Waals surface area (Å²) in [4.78, 5) is 29.0. The molecule has 8 heteroatoms. The molecule has 0 aromatic heterocycles. The van der Waals surface area contributed by atoms with Gasteiger partial charge in [-0.2, -0.15) is 0 Å². The van der Waals surface area contributed by atoms with E-state index in [2.05, 4.69) is 0 Å². The summed E-state index contributed by atoms with van der Waals surface area (Å²) in [6.07, 6.45) is 1.03. The van der Waals surface area contributed by atoms with Crippen LogP contribution in [0.15, 0.2) is 83.8 Å². The highest BCUT2D eigenvalue weighted by atomic mass is 32.2. The van der Waals surface area contributed by atoms with Crippen molar-refractivity contribution >= 4 is 21.7 Å². The summed E-state index contributed by atoms with van der Waals surface area (Å²) in [5.74, 6) is -0.410. The number of sulfone groups is 1. The Morgan fingerprint density at radius 2 is 1.42 bits per heavy atom. The van der Waals surface area contributed by atoms with Gasteiger partial charge in [0.25, 0.3) is 11.8 Å². The van der Waals surface area contributed by atoms with Gasteiger partial charge in [0.2, 0.25) is 0 Å². The molecule has 0 bridgehead atoms. The summed E-state index contributed by atoms with van der Waals surface area (Å²) < 4.78 is 25.5. The molecule has 0 atom stereocenters. The standard InChI is InChI=1S/C28H28N2O5S/c31-26(29-15-17-30(18-16-29)27(32)28(33)13-14-28)23-11-9-22(10-12-23)24-6-4-5-21(19-24)20-36(34,35)25-7-2-1-3-8-25/h1-12,19,33H,13-18,20H2. The van der Waals surface area contributed by atoms with Crippen molar-refractivity contribution in [1.82, 2.24) is 9.80 Å². The third-order valence-electron chi connectivity index (χ3n) is 6.83. The van der Waals surface area contributed by atoms with Crippen molar-refractivity contribution in [1.29, 1.82) is 0 Å². The normalized spacial score (nSPS) is 17.0. The van der Waals surface area contributed by atoms with Crippen LogP contribution >= 0.6 is 0 Å². The Morgan fingerprint density at radius 3 is 2.06 bits per heavy atom. The molecule has 2 amide bonds. The third kappa shape index (κ3) is 5.05. The molecule has 1 aliphatic carbocycles. The summed E-state index contributed by atoms with van der Waals surface area (Å²) in [6, 6.07) is 23.1. The summed E-state index contributed by atoms with van der Waals surface area (Å²) >= 11 is 0. The quantitative estimate of drug-likeness (QED) is 0.557. The van der Waals surface area contributed by atoms with Gasteiger partial charge in [-0.3, -0.25) is 9.59 Å². The van der Waals surface area contributed by atoms with Crippen LogP contribution in [0.1, 0.15) is 28.8 Å². The highest BCUT2D eigenvalue weighted by molar-refractivity contribution is 7.90. The fraction of sp³-hybridized carbons (Fsp3) is 0.286. The monoisotopic (exact) mass is 504 g/mol. The predicted molar refractivity (Wildman–Crippen MR) is 136 cm³/mol. The van der Waals surface area contributed by atoms with Gasteiger partial charge in [0.15, 0.2) is 9.84 Å². The van der Waals surface area contributed by atoms with E-state index in [9.17, 15) is 23.1 Å². The Labute approximate surface area is 210 Å². The van der Waals surface area contributed by atoms with Crippen molar-refractivity contribution < 1.29 is 23.1 Å². The molecule has 0 radical (unpaired) electrons. The van der Waals surface area contributed by atoms with Gasteiger partial charge >= 0.3 is 0 Å². The molecule has 1 heterocycles. The molecule has 2 fully saturated rings. The molecular weight excluding hydrogens is 476 g/mol. The van der Waals surface area contributed by atoms with E-state index >= 15 is 0 Å². The molecule has 1 saturated heterocycles. The van der Waals surface area contributed by atoms with Gasteiger partial charge in [0, 0.05) is 31.7 Å². The topological polar surface area (TPSA) is 95.0 Å². The number of piperazine rings is 1. The predicted octanol–water partition coefficient (Wildman–Crippen LogP) is 3.14. The molecule has 5 rings (SSSR count). The fourth-order valence-electron chi connectivity index (χ4n) is 4.50. The Kier molecular flexibility index (Phi) is 6.40. The molecule has 0 unspecified atom stereocenters. The summed E-state index contributed by atoms with van der Waals surface area (Å²) in [5.41, 5.74) is 1.84. The lowest BCUT2D eigenvalue weighted by Gasteiger charge is -2.35. The number of amides is 2. The molecule has 36 heavy (non-hydrogen) atoms. The van der Waals surface area contributed by atoms with Crippen LogP contribution in [0.25, 0.3) is 11.1 Å². The second-order valence-electron chi connectivity index (χ2n) is 9.47. The van der Waals surface area contributed by atoms with Crippen LogP contribution in [0.2, 0.25) is 0 Å². The van der Waals surface area contributed by atoms with Gasteiger partial charge in [-0.25, -0.2) is 8.42 Å². The van der Waals surface area contributed by atoms with E-state index in [4.69, 9.17) is 0 Å². The minimum atomic E-state index is -3.45. The molecule has 3 aromatic rings. The second kappa shape index (κ2) is 9.52. The number of benzene rings is 3. The first-order chi connectivity index (χ1) is 17.2. The van der Waals surface area contributed by atoms with Crippen molar-refractivity contribution in [2.75, 3.05) is 26.2 Å². The highest BCUT2D eigenvalue weighted by Gasteiger charge is 2.50. The minimum Gasteiger partial charge on any atom is -0.380 e. The average Bonchev–Trinajstić information content (AvgIpc) is 3.67. The van der Waals surface area contributed by atoms with E-state index in [0.717, 1.165) is 11.1 Å². The molecule has 1 aliphatic heterocycles. The molecule has 1 saturated carbocycles. The zero-order valence-electron chi connectivity index (χ0n) is 19.8. The number of rotatable bonds is 6. The van der Waals surface area contributed by atoms with Crippen molar-refractivity contribution in [2.24, 2.45) is 0 Å². The van der Waals surface area contributed by atoms with Crippen molar-refractivity contribution in [3.05, 3.63) is 90.0 Å². The lowest BCUT2D eigenvalue weighted by molar-refractivity contribution is -0.143. The SMILES string of the molecule is O=C(c1ccc(-c2cccc(CS(=O)(=O)c3ccccc3)c2)cc1)N1CCN(C(=O)C2(O)CC2)CC1. The summed E-state index contributed by atoms with van der Waals surface area (Å²) in [6.45, 7) is 1.70. The van der Waals surface area contributed by atoms with E-state index in [1.165, 1.54) is 0 Å². The lowest BCUT2D eigenvalue weighted by Crippen LogP contribution is -2.53. The maximum atomic E-state index is 13.0. The Morgan fingerprint density at radius 1 is 0.778 bits per heavy atom. The maximum Gasteiger partial charge on any atom is 0.254 e. The average molecular weight is 505 g/mol. The number of aliphatic hydroxyl groups is 1. The van der Waals surface area contributed by atoms with Crippen molar-refractivity contribution in [3.8, 4) is 11.1 Å². The van der Waals surface area contributed by atoms with Crippen LogP contribution in [0.3, 0.4) is 0 Å². The molecule has 0 spiro atoms. The van der Waals surface area contributed by atoms with Gasteiger partial charge < -0.3 is 14.9 Å². The van der Waals surface area contributed by atoms with Crippen LogP contribution in [0.5, 0.6) is 0 Å². The van der Waals surface area contributed by atoms with Gasteiger partial charge in [-0.15, -0.1) is 0 Å². The number of carbonyl (C=O) groups excluding carboxylic acids is 2. The number of hydrogen-bond acceptors (Lipinski definition) is 5. The first-order valence-electron chi connectivity index (χ1n) is 12.0. The minimum absolute atomic E-state index is 0.0900. The highest BCUT2D eigenvalue weighted by Crippen LogP contribution is 2.37. The molecule has 2 aliphatic rings. The van der Waals surface area contributed by atoms with Gasteiger partial charge in [-0.1, -0.05) is 54.6 Å². The lowest BCUT2D eigenvalue weighted by atomic mass is 10.0. The number of carbonyl (C=O) groups is 2. The maximum absolute atomic E-state index is 13.0. The number of nitrogens with zero attached hydrogens (tertiary/aromatic N) is 2. The molecular formula is C28H28N2O5S.